The zero-order valence-corrected chi connectivity index (χ0v) is 25.7. The van der Waals surface area contributed by atoms with Gasteiger partial charge < -0.3 is 5.73 Å². The van der Waals surface area contributed by atoms with Crippen molar-refractivity contribution in [2.24, 2.45) is 0 Å². The highest BCUT2D eigenvalue weighted by molar-refractivity contribution is 6.50. The van der Waals surface area contributed by atoms with E-state index in [2.05, 4.69) is 102 Å². The topological polar surface area (TPSA) is 86.6 Å². The lowest BCUT2D eigenvalue weighted by molar-refractivity contribution is 1.32. The first-order chi connectivity index (χ1) is 23.1. The van der Waals surface area contributed by atoms with Crippen molar-refractivity contribution in [1.82, 2.24) is 4.98 Å². The Morgan fingerprint density at radius 2 is 0.979 bits per heavy atom. The maximum Gasteiger partial charge on any atom is 0.0795 e. The van der Waals surface area contributed by atoms with Crippen molar-refractivity contribution in [2.75, 3.05) is 5.73 Å². The summed E-state index contributed by atoms with van der Waals surface area (Å²) in [6.07, 6.45) is 7.03. The molecule has 1 aliphatic carbocycles. The van der Waals surface area contributed by atoms with Gasteiger partial charge in [0.15, 0.2) is 0 Å². The molecule has 0 saturated carbocycles. The molecule has 0 aliphatic heterocycles. The summed E-state index contributed by atoms with van der Waals surface area (Å²) in [7, 11) is 0. The zero-order valence-electron chi connectivity index (χ0n) is 25.7. The Bertz CT molecular complexity index is 2260. The normalized spacial score (nSPS) is 12.5. The van der Waals surface area contributed by atoms with E-state index in [4.69, 9.17) is 16.6 Å². The van der Waals surface area contributed by atoms with E-state index in [0.717, 1.165) is 28.1 Å². The summed E-state index contributed by atoms with van der Waals surface area (Å²) in [5.74, 6) is 0. The van der Waals surface area contributed by atoms with E-state index in [1.807, 2.05) is 54.6 Å². The lowest BCUT2D eigenvalue weighted by Gasteiger charge is -2.17. The van der Waals surface area contributed by atoms with Gasteiger partial charge in [0.1, 0.15) is 0 Å². The second kappa shape index (κ2) is 12.9. The van der Waals surface area contributed by atoms with Crippen LogP contribution in [-0.2, 0) is 0 Å². The number of benzene rings is 6. The van der Waals surface area contributed by atoms with Gasteiger partial charge in [0.05, 0.1) is 17.1 Å². The number of nitrogen functional groups attached to an aromatic ring is 1. The van der Waals surface area contributed by atoms with Gasteiger partial charge in [-0.15, -0.1) is 0 Å². The summed E-state index contributed by atoms with van der Waals surface area (Å²) >= 11 is 0. The third kappa shape index (κ3) is 6.00. The van der Waals surface area contributed by atoms with E-state index < -0.39 is 0 Å². The summed E-state index contributed by atoms with van der Waals surface area (Å²) in [4.78, 5) is 4.35. The molecule has 0 saturated heterocycles. The molecule has 1 aliphatic rings. The first kappa shape index (κ1) is 29.3. The van der Waals surface area contributed by atoms with Gasteiger partial charge >= 0.3 is 0 Å². The molecule has 0 unspecified atom stereocenters. The number of nitrogens with two attached hydrogens (primary N) is 1. The van der Waals surface area contributed by atoms with Crippen LogP contribution in [-0.4, -0.2) is 16.4 Å². The Morgan fingerprint density at radius 3 is 1.55 bits per heavy atom. The molecule has 0 amide bonds. The number of nitrogens with one attached hydrogen (secondary N) is 2. The molecule has 4 N–H and O–H groups in total. The fraction of sp³-hybridized carbons (Fsp3) is 0. The SMILES string of the molecule is N=C1C=CC(c2cccc(-c3ccccn3)c2)=CC1=N.Nc1ccc(-c2c3ccccc3c(-c3ccccc3)c3ccccc23)cc1. The third-order valence-corrected chi connectivity index (χ3v) is 8.37. The Labute approximate surface area is 274 Å². The number of anilines is 1. The smallest absolute Gasteiger partial charge is 0.0795 e. The van der Waals surface area contributed by atoms with Gasteiger partial charge in [0.2, 0.25) is 0 Å². The predicted molar refractivity (Wildman–Crippen MR) is 199 cm³/mol. The van der Waals surface area contributed by atoms with E-state index in [1.54, 1.807) is 18.3 Å². The third-order valence-electron chi connectivity index (χ3n) is 8.37. The molecule has 0 radical (unpaired) electrons. The molecule has 0 bridgehead atoms. The number of pyridine rings is 1. The fourth-order valence-corrected chi connectivity index (χ4v) is 6.12. The van der Waals surface area contributed by atoms with Crippen LogP contribution in [0.15, 0.2) is 170 Å². The van der Waals surface area contributed by atoms with E-state index >= 15 is 0 Å². The van der Waals surface area contributed by atoms with Gasteiger partial charge in [0.25, 0.3) is 0 Å². The van der Waals surface area contributed by atoms with Crippen LogP contribution in [0.3, 0.4) is 0 Å². The van der Waals surface area contributed by atoms with Crippen LogP contribution in [0.1, 0.15) is 5.56 Å². The second-order valence-corrected chi connectivity index (χ2v) is 11.4. The molecule has 1 heterocycles. The van der Waals surface area contributed by atoms with Crippen molar-refractivity contribution in [2.45, 2.75) is 0 Å². The number of hydrogen-bond acceptors (Lipinski definition) is 4. The minimum atomic E-state index is 0.241. The van der Waals surface area contributed by atoms with E-state index in [0.29, 0.717) is 0 Å². The summed E-state index contributed by atoms with van der Waals surface area (Å²) in [5.41, 5.74) is 16.1. The van der Waals surface area contributed by atoms with Gasteiger partial charge in [-0.25, -0.2) is 0 Å². The predicted octanol–water partition coefficient (Wildman–Crippen LogP) is 10.7. The monoisotopic (exact) mass is 604 g/mol. The summed E-state index contributed by atoms with van der Waals surface area (Å²) < 4.78 is 0. The summed E-state index contributed by atoms with van der Waals surface area (Å²) in [6.45, 7) is 0. The summed E-state index contributed by atoms with van der Waals surface area (Å²) in [6, 6.07) is 50.1. The molecule has 47 heavy (non-hydrogen) atoms. The highest BCUT2D eigenvalue weighted by Gasteiger charge is 2.16. The zero-order chi connectivity index (χ0) is 32.2. The number of rotatable bonds is 4. The number of hydrogen-bond donors (Lipinski definition) is 3. The Kier molecular flexibility index (Phi) is 8.06. The lowest BCUT2D eigenvalue weighted by atomic mass is 9.86. The molecular formula is C43H32N4. The van der Waals surface area contributed by atoms with Crippen molar-refractivity contribution < 1.29 is 0 Å². The van der Waals surface area contributed by atoms with E-state index in [9.17, 15) is 0 Å². The number of aromatic nitrogens is 1. The maximum atomic E-state index is 7.73. The van der Waals surface area contributed by atoms with Gasteiger partial charge in [-0.2, -0.15) is 0 Å². The first-order valence-corrected chi connectivity index (χ1v) is 15.5. The quantitative estimate of drug-likeness (QED) is 0.106. The van der Waals surface area contributed by atoms with Gasteiger partial charge in [0, 0.05) is 17.4 Å². The molecule has 7 aromatic rings. The van der Waals surface area contributed by atoms with Crippen LogP contribution in [0.4, 0.5) is 5.69 Å². The second-order valence-electron chi connectivity index (χ2n) is 11.4. The van der Waals surface area contributed by atoms with Crippen LogP contribution in [0, 0.1) is 10.8 Å². The molecule has 224 valence electrons. The molecule has 1 aromatic heterocycles. The highest BCUT2D eigenvalue weighted by atomic mass is 14.7. The fourth-order valence-electron chi connectivity index (χ4n) is 6.12. The van der Waals surface area contributed by atoms with Crippen LogP contribution < -0.4 is 5.73 Å². The Hall–Kier alpha value is -6.39. The van der Waals surface area contributed by atoms with Crippen LogP contribution in [0.2, 0.25) is 0 Å². The molecular weight excluding hydrogens is 573 g/mol. The summed E-state index contributed by atoms with van der Waals surface area (Å²) in [5, 5.41) is 20.4. The first-order valence-electron chi connectivity index (χ1n) is 15.5. The largest absolute Gasteiger partial charge is 0.399 e. The van der Waals surface area contributed by atoms with Crippen molar-refractivity contribution in [1.29, 1.82) is 10.8 Å². The van der Waals surface area contributed by atoms with Crippen LogP contribution >= 0.6 is 0 Å². The Balaban J connectivity index is 0.000000157. The standard InChI is InChI=1S/C26H19N.C17H13N3/c27-20-16-14-19(15-17-20)26-23-12-6-4-10-21(23)25(18-8-2-1-3-9-18)22-11-5-7-13-24(22)26;18-15-8-7-13(11-16(15)19)12-4-3-5-14(10-12)17-6-1-2-9-20-17/h1-17H,27H2;1-11,18-19H. The number of allylic oxidation sites excluding steroid dienone is 4. The Morgan fingerprint density at radius 1 is 0.447 bits per heavy atom. The molecule has 4 nitrogen and oxygen atoms in total. The molecule has 0 fully saturated rings. The number of fused-ring (bicyclic) bond motifs is 2. The van der Waals surface area contributed by atoms with Crippen LogP contribution in [0.5, 0.6) is 0 Å². The van der Waals surface area contributed by atoms with Crippen molar-refractivity contribution in [3.05, 3.63) is 176 Å². The van der Waals surface area contributed by atoms with E-state index in [-0.39, 0.29) is 11.4 Å². The molecule has 0 atom stereocenters. The average molecular weight is 605 g/mol. The molecule has 4 heteroatoms. The van der Waals surface area contributed by atoms with Gasteiger partial charge in [-0.1, -0.05) is 121 Å². The van der Waals surface area contributed by atoms with Crippen LogP contribution in [0.25, 0.3) is 60.6 Å². The van der Waals surface area contributed by atoms with Crippen molar-refractivity contribution in [3.8, 4) is 33.5 Å². The maximum absolute atomic E-state index is 7.73. The highest BCUT2D eigenvalue weighted by Crippen LogP contribution is 2.43. The average Bonchev–Trinajstić information content (AvgIpc) is 3.13. The van der Waals surface area contributed by atoms with Gasteiger partial charge in [-0.05, 0) is 97.4 Å². The van der Waals surface area contributed by atoms with E-state index in [1.165, 1.54) is 43.8 Å². The minimum absolute atomic E-state index is 0.241. The number of nitrogens with zero attached hydrogens (tertiary/aromatic N) is 1. The van der Waals surface area contributed by atoms with Crippen molar-refractivity contribution in [3.63, 3.8) is 0 Å². The molecule has 6 aromatic carbocycles. The molecule has 8 rings (SSSR count). The molecule has 0 spiro atoms. The minimum Gasteiger partial charge on any atom is -0.399 e. The van der Waals surface area contributed by atoms with Gasteiger partial charge in [-0.3, -0.25) is 15.8 Å². The lowest BCUT2D eigenvalue weighted by Crippen LogP contribution is -2.09. The van der Waals surface area contributed by atoms with Crippen molar-refractivity contribution >= 4 is 44.2 Å².